The van der Waals surface area contributed by atoms with Crippen molar-refractivity contribution in [1.29, 1.82) is 0 Å². The first-order chi connectivity index (χ1) is 9.51. The molecular weight excluding hydrogens is 280 g/mol. The number of hydrogen-bond donors (Lipinski definition) is 1. The number of hydrogen-bond acceptors (Lipinski definition) is 5. The molecule has 0 radical (unpaired) electrons. The van der Waals surface area contributed by atoms with Gasteiger partial charge in [0.15, 0.2) is 0 Å². The van der Waals surface area contributed by atoms with Gasteiger partial charge in [0.2, 0.25) is 0 Å². The van der Waals surface area contributed by atoms with Crippen LogP contribution < -0.4 is 0 Å². The summed E-state index contributed by atoms with van der Waals surface area (Å²) in [5.41, 5.74) is -0.308. The van der Waals surface area contributed by atoms with Crippen molar-refractivity contribution in [2.45, 2.75) is 13.3 Å². The van der Waals surface area contributed by atoms with Crippen LogP contribution in [0.3, 0.4) is 0 Å². The predicted molar refractivity (Wildman–Crippen MR) is 76.1 cm³/mol. The SMILES string of the molecule is CCC(CS)CN1C(=O)c2cccc([N+](=O)[O-])c2C1=O. The van der Waals surface area contributed by atoms with Crippen molar-refractivity contribution >= 4 is 30.1 Å². The van der Waals surface area contributed by atoms with Crippen LogP contribution in [0.4, 0.5) is 5.69 Å². The number of imide groups is 1. The van der Waals surface area contributed by atoms with E-state index < -0.39 is 16.7 Å². The lowest BCUT2D eigenvalue weighted by atomic mass is 10.1. The van der Waals surface area contributed by atoms with E-state index in [4.69, 9.17) is 0 Å². The minimum absolute atomic E-state index is 0.0830. The van der Waals surface area contributed by atoms with E-state index in [-0.39, 0.29) is 29.3 Å². The first-order valence-corrected chi connectivity index (χ1v) is 6.88. The van der Waals surface area contributed by atoms with Crippen molar-refractivity contribution in [3.63, 3.8) is 0 Å². The van der Waals surface area contributed by atoms with Crippen LogP contribution in [-0.4, -0.2) is 33.9 Å². The molecule has 0 N–H and O–H groups in total. The minimum Gasteiger partial charge on any atom is -0.274 e. The van der Waals surface area contributed by atoms with E-state index >= 15 is 0 Å². The number of nitrogens with zero attached hydrogens (tertiary/aromatic N) is 2. The molecule has 0 spiro atoms. The third-order valence-electron chi connectivity index (χ3n) is 3.45. The zero-order valence-electron chi connectivity index (χ0n) is 10.9. The van der Waals surface area contributed by atoms with Gasteiger partial charge in [-0.1, -0.05) is 19.4 Å². The van der Waals surface area contributed by atoms with Gasteiger partial charge in [-0.15, -0.1) is 0 Å². The van der Waals surface area contributed by atoms with Crippen LogP contribution in [0.5, 0.6) is 0 Å². The topological polar surface area (TPSA) is 80.5 Å². The average molecular weight is 294 g/mol. The number of amides is 2. The van der Waals surface area contributed by atoms with Gasteiger partial charge in [0, 0.05) is 12.6 Å². The molecule has 0 aliphatic carbocycles. The summed E-state index contributed by atoms with van der Waals surface area (Å²) in [6.07, 6.45) is 0.777. The number of nitro groups is 1. The summed E-state index contributed by atoms with van der Waals surface area (Å²) in [5.74, 6) is -0.419. The highest BCUT2D eigenvalue weighted by molar-refractivity contribution is 7.80. The van der Waals surface area contributed by atoms with Gasteiger partial charge >= 0.3 is 0 Å². The Labute approximate surface area is 121 Å². The third-order valence-corrected chi connectivity index (χ3v) is 3.97. The standard InChI is InChI=1S/C13H14N2O4S/c1-2-8(7-20)6-14-12(16)9-4-3-5-10(15(18)19)11(9)13(14)17/h3-5,8,20H,2,6-7H2,1H3. The van der Waals surface area contributed by atoms with Crippen LogP contribution >= 0.6 is 12.6 Å². The second-order valence-electron chi connectivity index (χ2n) is 4.63. The lowest BCUT2D eigenvalue weighted by Crippen LogP contribution is -2.35. The van der Waals surface area contributed by atoms with Crippen LogP contribution in [-0.2, 0) is 0 Å². The molecule has 0 aromatic heterocycles. The average Bonchev–Trinajstić information content (AvgIpc) is 2.69. The quantitative estimate of drug-likeness (QED) is 0.390. The number of fused-ring (bicyclic) bond motifs is 1. The predicted octanol–water partition coefficient (Wildman–Crippen LogP) is 2.15. The van der Waals surface area contributed by atoms with Crippen molar-refractivity contribution < 1.29 is 14.5 Å². The maximum Gasteiger partial charge on any atom is 0.282 e. The van der Waals surface area contributed by atoms with Gasteiger partial charge < -0.3 is 0 Å². The third kappa shape index (κ3) is 2.29. The van der Waals surface area contributed by atoms with Gasteiger partial charge in [-0.2, -0.15) is 12.6 Å². The molecule has 1 aliphatic heterocycles. The molecule has 6 nitrogen and oxygen atoms in total. The first-order valence-electron chi connectivity index (χ1n) is 6.25. The van der Waals surface area contributed by atoms with Gasteiger partial charge in [0.1, 0.15) is 5.56 Å². The molecule has 2 amide bonds. The van der Waals surface area contributed by atoms with Crippen LogP contribution in [0.2, 0.25) is 0 Å². The normalized spacial score (nSPS) is 15.4. The highest BCUT2D eigenvalue weighted by Gasteiger charge is 2.41. The molecule has 1 aromatic rings. The van der Waals surface area contributed by atoms with Gasteiger partial charge in [-0.25, -0.2) is 0 Å². The van der Waals surface area contributed by atoms with E-state index in [0.717, 1.165) is 11.3 Å². The van der Waals surface area contributed by atoms with Crippen LogP contribution in [0.25, 0.3) is 0 Å². The monoisotopic (exact) mass is 294 g/mol. The van der Waals surface area contributed by atoms with E-state index in [2.05, 4.69) is 12.6 Å². The molecule has 1 aliphatic rings. The zero-order chi connectivity index (χ0) is 14.9. The van der Waals surface area contributed by atoms with Crippen molar-refractivity contribution in [2.75, 3.05) is 12.3 Å². The second kappa shape index (κ2) is 5.62. The second-order valence-corrected chi connectivity index (χ2v) is 5.00. The smallest absolute Gasteiger partial charge is 0.274 e. The molecule has 1 unspecified atom stereocenters. The molecule has 1 atom stereocenters. The molecule has 0 saturated carbocycles. The summed E-state index contributed by atoms with van der Waals surface area (Å²) in [5, 5.41) is 11.0. The Morgan fingerprint density at radius 1 is 1.35 bits per heavy atom. The Bertz CT molecular complexity index is 584. The Kier molecular flexibility index (Phi) is 4.08. The number of rotatable bonds is 5. The summed E-state index contributed by atoms with van der Waals surface area (Å²) >= 11 is 4.18. The van der Waals surface area contributed by atoms with Crippen molar-refractivity contribution in [1.82, 2.24) is 4.90 Å². The molecule has 20 heavy (non-hydrogen) atoms. The fraction of sp³-hybridized carbons (Fsp3) is 0.385. The number of nitro benzene ring substituents is 1. The molecule has 106 valence electrons. The van der Waals surface area contributed by atoms with E-state index in [1.54, 1.807) is 0 Å². The van der Waals surface area contributed by atoms with Gasteiger partial charge in [0.05, 0.1) is 10.5 Å². The Hall–Kier alpha value is -1.89. The van der Waals surface area contributed by atoms with Crippen LogP contribution in [0, 0.1) is 16.0 Å². The summed E-state index contributed by atoms with van der Waals surface area (Å²) in [6.45, 7) is 2.19. The van der Waals surface area contributed by atoms with Gasteiger partial charge in [-0.05, 0) is 17.7 Å². The van der Waals surface area contributed by atoms with E-state index in [0.29, 0.717) is 5.75 Å². The molecule has 2 rings (SSSR count). The van der Waals surface area contributed by atoms with Crippen LogP contribution in [0.1, 0.15) is 34.1 Å². The van der Waals surface area contributed by atoms with Crippen LogP contribution in [0.15, 0.2) is 18.2 Å². The summed E-state index contributed by atoms with van der Waals surface area (Å²) in [6, 6.07) is 4.11. The lowest BCUT2D eigenvalue weighted by molar-refractivity contribution is -0.385. The maximum absolute atomic E-state index is 12.3. The molecule has 7 heteroatoms. The maximum atomic E-state index is 12.3. The highest BCUT2D eigenvalue weighted by atomic mass is 32.1. The zero-order valence-corrected chi connectivity index (χ0v) is 11.8. The van der Waals surface area contributed by atoms with Gasteiger partial charge in [-0.3, -0.25) is 24.6 Å². The Morgan fingerprint density at radius 2 is 2.05 bits per heavy atom. The fourth-order valence-corrected chi connectivity index (χ4v) is 2.58. The summed E-state index contributed by atoms with van der Waals surface area (Å²) in [4.78, 5) is 35.9. The number of benzene rings is 1. The van der Waals surface area contributed by atoms with Gasteiger partial charge in [0.25, 0.3) is 17.5 Å². The van der Waals surface area contributed by atoms with E-state index in [1.165, 1.54) is 18.2 Å². The summed E-state index contributed by atoms with van der Waals surface area (Å²) in [7, 11) is 0. The van der Waals surface area contributed by atoms with Crippen molar-refractivity contribution in [3.8, 4) is 0 Å². The number of carbonyl (C=O) groups excluding carboxylic acids is 2. The minimum atomic E-state index is -0.635. The Morgan fingerprint density at radius 3 is 2.60 bits per heavy atom. The first kappa shape index (κ1) is 14.5. The largest absolute Gasteiger partial charge is 0.282 e. The van der Waals surface area contributed by atoms with Crippen molar-refractivity contribution in [3.05, 3.63) is 39.4 Å². The van der Waals surface area contributed by atoms with E-state index in [9.17, 15) is 19.7 Å². The molecule has 1 heterocycles. The number of thiol groups is 1. The molecule has 0 bridgehead atoms. The highest BCUT2D eigenvalue weighted by Crippen LogP contribution is 2.31. The Balaban J connectivity index is 2.40. The molecule has 0 saturated heterocycles. The lowest BCUT2D eigenvalue weighted by Gasteiger charge is -2.19. The van der Waals surface area contributed by atoms with Crippen molar-refractivity contribution in [2.24, 2.45) is 5.92 Å². The van der Waals surface area contributed by atoms with E-state index in [1.807, 2.05) is 6.92 Å². The summed E-state index contributed by atoms with van der Waals surface area (Å²) < 4.78 is 0. The molecular formula is C13H14N2O4S. The number of carbonyl (C=O) groups is 2. The molecule has 0 fully saturated rings. The molecule has 1 aromatic carbocycles. The fourth-order valence-electron chi connectivity index (χ4n) is 2.21.